The average molecular weight is 229 g/mol. The SMILES string of the molecule is COC(C)CNc1ccc(Cl)cc1CN. The first-order chi connectivity index (χ1) is 7.17. The summed E-state index contributed by atoms with van der Waals surface area (Å²) >= 11 is 5.88. The number of hydrogen-bond acceptors (Lipinski definition) is 3. The van der Waals surface area contributed by atoms with E-state index in [4.69, 9.17) is 22.1 Å². The molecule has 1 rings (SSSR count). The van der Waals surface area contributed by atoms with Crippen molar-refractivity contribution in [2.75, 3.05) is 19.0 Å². The van der Waals surface area contributed by atoms with E-state index in [-0.39, 0.29) is 6.10 Å². The first kappa shape index (κ1) is 12.3. The molecule has 0 bridgehead atoms. The molecule has 15 heavy (non-hydrogen) atoms. The molecule has 4 heteroatoms. The molecule has 0 aromatic heterocycles. The Morgan fingerprint density at radius 1 is 1.53 bits per heavy atom. The second-order valence-electron chi connectivity index (χ2n) is 3.43. The van der Waals surface area contributed by atoms with Gasteiger partial charge in [-0.05, 0) is 30.7 Å². The number of nitrogens with one attached hydrogen (secondary N) is 1. The third-order valence-electron chi connectivity index (χ3n) is 2.27. The van der Waals surface area contributed by atoms with Crippen LogP contribution in [0.2, 0.25) is 5.02 Å². The number of hydrogen-bond donors (Lipinski definition) is 2. The quantitative estimate of drug-likeness (QED) is 0.813. The second kappa shape index (κ2) is 5.95. The van der Waals surface area contributed by atoms with Gasteiger partial charge in [0.2, 0.25) is 0 Å². The Morgan fingerprint density at radius 2 is 2.27 bits per heavy atom. The zero-order chi connectivity index (χ0) is 11.3. The van der Waals surface area contributed by atoms with Crippen LogP contribution < -0.4 is 11.1 Å². The molecular weight excluding hydrogens is 212 g/mol. The van der Waals surface area contributed by atoms with Crippen LogP contribution in [0.3, 0.4) is 0 Å². The Bertz CT molecular complexity index is 317. The van der Waals surface area contributed by atoms with Gasteiger partial charge in [-0.15, -0.1) is 0 Å². The summed E-state index contributed by atoms with van der Waals surface area (Å²) in [4.78, 5) is 0. The lowest BCUT2D eigenvalue weighted by molar-refractivity contribution is 0.129. The maximum absolute atomic E-state index is 5.88. The van der Waals surface area contributed by atoms with E-state index in [9.17, 15) is 0 Å². The molecule has 0 radical (unpaired) electrons. The maximum atomic E-state index is 5.88. The summed E-state index contributed by atoms with van der Waals surface area (Å²) in [5.41, 5.74) is 7.67. The molecule has 1 unspecified atom stereocenters. The van der Waals surface area contributed by atoms with Crippen LogP contribution in [-0.2, 0) is 11.3 Å². The predicted octanol–water partition coefficient (Wildman–Crippen LogP) is 2.25. The molecule has 0 saturated heterocycles. The minimum atomic E-state index is 0.173. The van der Waals surface area contributed by atoms with Crippen molar-refractivity contribution in [3.8, 4) is 0 Å². The normalized spacial score (nSPS) is 12.5. The molecule has 3 N–H and O–H groups in total. The highest BCUT2D eigenvalue weighted by atomic mass is 35.5. The third kappa shape index (κ3) is 3.70. The zero-order valence-electron chi connectivity index (χ0n) is 9.09. The van der Waals surface area contributed by atoms with Crippen molar-refractivity contribution >= 4 is 17.3 Å². The highest BCUT2D eigenvalue weighted by Crippen LogP contribution is 2.20. The predicted molar refractivity (Wildman–Crippen MR) is 64.3 cm³/mol. The van der Waals surface area contributed by atoms with Crippen molar-refractivity contribution in [1.29, 1.82) is 0 Å². The van der Waals surface area contributed by atoms with Gasteiger partial charge in [-0.25, -0.2) is 0 Å². The number of rotatable bonds is 5. The van der Waals surface area contributed by atoms with Crippen molar-refractivity contribution in [2.45, 2.75) is 19.6 Å². The van der Waals surface area contributed by atoms with Crippen molar-refractivity contribution in [3.05, 3.63) is 28.8 Å². The van der Waals surface area contributed by atoms with Gasteiger partial charge < -0.3 is 15.8 Å². The van der Waals surface area contributed by atoms with E-state index in [1.807, 2.05) is 25.1 Å². The summed E-state index contributed by atoms with van der Waals surface area (Å²) in [7, 11) is 1.69. The lowest BCUT2D eigenvalue weighted by atomic mass is 10.1. The van der Waals surface area contributed by atoms with Gasteiger partial charge in [-0.3, -0.25) is 0 Å². The van der Waals surface area contributed by atoms with Gasteiger partial charge in [0.25, 0.3) is 0 Å². The highest BCUT2D eigenvalue weighted by Gasteiger charge is 2.03. The smallest absolute Gasteiger partial charge is 0.0715 e. The summed E-state index contributed by atoms with van der Waals surface area (Å²) in [6.07, 6.45) is 0.173. The highest BCUT2D eigenvalue weighted by molar-refractivity contribution is 6.30. The standard InChI is InChI=1S/C11H17ClN2O/c1-8(15-2)7-14-11-4-3-10(12)5-9(11)6-13/h3-5,8,14H,6-7,13H2,1-2H3. The second-order valence-corrected chi connectivity index (χ2v) is 3.87. The fourth-order valence-corrected chi connectivity index (χ4v) is 1.44. The first-order valence-electron chi connectivity index (χ1n) is 4.92. The van der Waals surface area contributed by atoms with Gasteiger partial charge in [0, 0.05) is 30.9 Å². The fraction of sp³-hybridized carbons (Fsp3) is 0.455. The molecule has 0 aliphatic carbocycles. The third-order valence-corrected chi connectivity index (χ3v) is 2.50. The lowest BCUT2D eigenvalue weighted by Crippen LogP contribution is -2.19. The lowest BCUT2D eigenvalue weighted by Gasteiger charge is -2.14. The monoisotopic (exact) mass is 228 g/mol. The van der Waals surface area contributed by atoms with Crippen LogP contribution in [0, 0.1) is 0 Å². The summed E-state index contributed by atoms with van der Waals surface area (Å²) in [6.45, 7) is 3.24. The van der Waals surface area contributed by atoms with E-state index in [1.54, 1.807) is 7.11 Å². The Labute approximate surface area is 95.6 Å². The van der Waals surface area contributed by atoms with Crippen LogP contribution in [-0.4, -0.2) is 19.8 Å². The van der Waals surface area contributed by atoms with Crippen LogP contribution >= 0.6 is 11.6 Å². The minimum absolute atomic E-state index is 0.173. The molecule has 0 aliphatic rings. The Kier molecular flexibility index (Phi) is 4.88. The van der Waals surface area contributed by atoms with Gasteiger partial charge in [-0.2, -0.15) is 0 Å². The molecule has 0 amide bonds. The van der Waals surface area contributed by atoms with Crippen LogP contribution in [0.15, 0.2) is 18.2 Å². The molecule has 0 fully saturated rings. The summed E-state index contributed by atoms with van der Waals surface area (Å²) in [6, 6.07) is 5.66. The topological polar surface area (TPSA) is 47.3 Å². The van der Waals surface area contributed by atoms with Crippen molar-refractivity contribution in [1.82, 2.24) is 0 Å². The number of ether oxygens (including phenoxy) is 1. The Hall–Kier alpha value is -0.770. The van der Waals surface area contributed by atoms with Gasteiger partial charge >= 0.3 is 0 Å². The molecule has 1 aromatic carbocycles. The molecule has 0 saturated carbocycles. The van der Waals surface area contributed by atoms with E-state index in [2.05, 4.69) is 5.32 Å². The number of anilines is 1. The molecule has 1 atom stereocenters. The summed E-state index contributed by atoms with van der Waals surface area (Å²) in [5, 5.41) is 3.99. The molecule has 0 spiro atoms. The zero-order valence-corrected chi connectivity index (χ0v) is 9.84. The van der Waals surface area contributed by atoms with Gasteiger partial charge in [0.05, 0.1) is 6.10 Å². The van der Waals surface area contributed by atoms with E-state index in [1.165, 1.54) is 0 Å². The van der Waals surface area contributed by atoms with Crippen LogP contribution in [0.1, 0.15) is 12.5 Å². The molecule has 3 nitrogen and oxygen atoms in total. The summed E-state index contributed by atoms with van der Waals surface area (Å²) < 4.78 is 5.15. The molecular formula is C11H17ClN2O. The molecule has 0 aliphatic heterocycles. The minimum Gasteiger partial charge on any atom is -0.382 e. The van der Waals surface area contributed by atoms with E-state index < -0.39 is 0 Å². The van der Waals surface area contributed by atoms with Crippen molar-refractivity contribution in [3.63, 3.8) is 0 Å². The van der Waals surface area contributed by atoms with Crippen LogP contribution in [0.5, 0.6) is 0 Å². The average Bonchev–Trinajstić information content (AvgIpc) is 2.26. The number of benzene rings is 1. The van der Waals surface area contributed by atoms with Gasteiger partial charge in [0.15, 0.2) is 0 Å². The van der Waals surface area contributed by atoms with E-state index in [0.29, 0.717) is 11.6 Å². The Balaban J connectivity index is 2.67. The van der Waals surface area contributed by atoms with Crippen molar-refractivity contribution in [2.24, 2.45) is 5.73 Å². The molecule has 0 heterocycles. The largest absolute Gasteiger partial charge is 0.382 e. The van der Waals surface area contributed by atoms with Gasteiger partial charge in [0.1, 0.15) is 0 Å². The van der Waals surface area contributed by atoms with E-state index in [0.717, 1.165) is 17.8 Å². The summed E-state index contributed by atoms with van der Waals surface area (Å²) in [5.74, 6) is 0. The van der Waals surface area contributed by atoms with Crippen LogP contribution in [0.25, 0.3) is 0 Å². The van der Waals surface area contributed by atoms with Gasteiger partial charge in [-0.1, -0.05) is 11.6 Å². The number of methoxy groups -OCH3 is 1. The number of nitrogens with two attached hydrogens (primary N) is 1. The maximum Gasteiger partial charge on any atom is 0.0715 e. The molecule has 84 valence electrons. The fourth-order valence-electron chi connectivity index (χ4n) is 1.24. The van der Waals surface area contributed by atoms with E-state index >= 15 is 0 Å². The van der Waals surface area contributed by atoms with Crippen LogP contribution in [0.4, 0.5) is 5.69 Å². The first-order valence-corrected chi connectivity index (χ1v) is 5.30. The Morgan fingerprint density at radius 3 is 2.87 bits per heavy atom. The van der Waals surface area contributed by atoms with Crippen molar-refractivity contribution < 1.29 is 4.74 Å². The molecule has 1 aromatic rings. The number of halogens is 1.